The maximum absolute atomic E-state index is 12.6. The Labute approximate surface area is 177 Å². The molecule has 2 aromatic heterocycles. The minimum Gasteiger partial charge on any atom is -0.328 e. The molecular formula is C23H31N4OS+. The average Bonchev–Trinajstić information content (AvgIpc) is 3.33. The van der Waals surface area contributed by atoms with E-state index in [1.54, 1.807) is 16.0 Å². The number of hydrogen-bond donors (Lipinski definition) is 2. The molecule has 0 fully saturated rings. The van der Waals surface area contributed by atoms with Gasteiger partial charge in [0.15, 0.2) is 6.54 Å². The van der Waals surface area contributed by atoms with Crippen molar-refractivity contribution in [2.75, 3.05) is 11.9 Å². The van der Waals surface area contributed by atoms with Gasteiger partial charge in [0.25, 0.3) is 5.91 Å². The highest BCUT2D eigenvalue weighted by Crippen LogP contribution is 2.25. The summed E-state index contributed by atoms with van der Waals surface area (Å²) in [6.07, 6.45) is 1.13. The lowest BCUT2D eigenvalue weighted by molar-refractivity contribution is -0.675. The van der Waals surface area contributed by atoms with Gasteiger partial charge in [-0.2, -0.15) is 5.10 Å². The lowest BCUT2D eigenvalue weighted by Gasteiger charge is -2.16. The summed E-state index contributed by atoms with van der Waals surface area (Å²) in [5.74, 6) is 0.548. The van der Waals surface area contributed by atoms with Gasteiger partial charge in [0.05, 0.1) is 22.0 Å². The predicted octanol–water partition coefficient (Wildman–Crippen LogP) is 3.90. The molecule has 0 unspecified atom stereocenters. The number of aromatic nitrogens is 2. The SMILES string of the molecule is CC[C@@H](C)c1ccc([C@H]([NH2+]CC(=O)Nc2c(C)nn(C)c2C)c2cccs2)cc1. The second-order valence-electron chi connectivity index (χ2n) is 7.63. The van der Waals surface area contributed by atoms with E-state index in [-0.39, 0.29) is 11.9 Å². The molecule has 1 aromatic carbocycles. The topological polar surface area (TPSA) is 63.5 Å². The molecule has 0 bridgehead atoms. The van der Waals surface area contributed by atoms with Crippen molar-refractivity contribution in [2.24, 2.45) is 7.05 Å². The van der Waals surface area contributed by atoms with Crippen LogP contribution in [0.4, 0.5) is 5.69 Å². The molecule has 5 nitrogen and oxygen atoms in total. The van der Waals surface area contributed by atoms with E-state index in [0.29, 0.717) is 12.5 Å². The van der Waals surface area contributed by atoms with Crippen molar-refractivity contribution in [1.82, 2.24) is 9.78 Å². The Morgan fingerprint density at radius 1 is 1.21 bits per heavy atom. The first-order chi connectivity index (χ1) is 13.9. The van der Waals surface area contributed by atoms with Gasteiger partial charge < -0.3 is 10.6 Å². The molecule has 6 heteroatoms. The number of carbonyl (C=O) groups excluding carboxylic acids is 1. The highest BCUT2D eigenvalue weighted by molar-refractivity contribution is 7.10. The predicted molar refractivity (Wildman–Crippen MR) is 119 cm³/mol. The molecule has 29 heavy (non-hydrogen) atoms. The van der Waals surface area contributed by atoms with Crippen molar-refractivity contribution in [3.8, 4) is 0 Å². The number of anilines is 1. The number of amides is 1. The standard InChI is InChI=1S/C23H30N4OS/c1-6-15(2)18-9-11-19(12-10-18)23(20-8-7-13-29-20)24-14-21(28)25-22-16(3)26-27(5)17(22)4/h7-13,15,23-24H,6,14H2,1-5H3,(H,25,28)/p+1/t15-,23+/m1/s1. The number of rotatable bonds is 8. The maximum Gasteiger partial charge on any atom is 0.279 e. The number of hydrogen-bond acceptors (Lipinski definition) is 3. The van der Waals surface area contributed by atoms with Gasteiger partial charge in [0, 0.05) is 12.6 Å². The van der Waals surface area contributed by atoms with Crippen LogP contribution in [0.5, 0.6) is 0 Å². The number of quaternary nitrogens is 1. The smallest absolute Gasteiger partial charge is 0.279 e. The molecule has 3 N–H and O–H groups in total. The minimum atomic E-state index is -0.0121. The molecular weight excluding hydrogens is 380 g/mol. The average molecular weight is 412 g/mol. The molecule has 0 aliphatic heterocycles. The van der Waals surface area contributed by atoms with Crippen molar-refractivity contribution < 1.29 is 10.1 Å². The van der Waals surface area contributed by atoms with E-state index in [2.05, 4.69) is 71.4 Å². The first-order valence-corrected chi connectivity index (χ1v) is 11.0. The van der Waals surface area contributed by atoms with E-state index in [1.807, 2.05) is 20.9 Å². The van der Waals surface area contributed by atoms with Gasteiger partial charge >= 0.3 is 0 Å². The van der Waals surface area contributed by atoms with Crippen LogP contribution in [0.2, 0.25) is 0 Å². The van der Waals surface area contributed by atoms with Crippen LogP contribution in [0.25, 0.3) is 0 Å². The molecule has 0 aliphatic carbocycles. The normalized spacial score (nSPS) is 13.3. The van der Waals surface area contributed by atoms with Crippen molar-refractivity contribution in [2.45, 2.75) is 46.1 Å². The van der Waals surface area contributed by atoms with E-state index < -0.39 is 0 Å². The zero-order chi connectivity index (χ0) is 21.0. The van der Waals surface area contributed by atoms with E-state index in [4.69, 9.17) is 0 Å². The summed E-state index contributed by atoms with van der Waals surface area (Å²) in [7, 11) is 1.89. The van der Waals surface area contributed by atoms with Gasteiger partial charge in [-0.05, 0) is 43.2 Å². The maximum atomic E-state index is 12.6. The number of nitrogens with zero attached hydrogens (tertiary/aromatic N) is 2. The highest BCUT2D eigenvalue weighted by atomic mass is 32.1. The van der Waals surface area contributed by atoms with E-state index in [0.717, 1.165) is 23.5 Å². The van der Waals surface area contributed by atoms with E-state index in [1.165, 1.54) is 16.0 Å². The fourth-order valence-corrected chi connectivity index (χ4v) is 4.37. The molecule has 0 saturated heterocycles. The molecule has 2 atom stereocenters. The molecule has 1 amide bonds. The Morgan fingerprint density at radius 2 is 1.90 bits per heavy atom. The molecule has 2 heterocycles. The summed E-state index contributed by atoms with van der Waals surface area (Å²) in [6.45, 7) is 8.70. The van der Waals surface area contributed by atoms with E-state index in [9.17, 15) is 4.79 Å². The van der Waals surface area contributed by atoms with Gasteiger partial charge in [-0.3, -0.25) is 9.48 Å². The Hall–Kier alpha value is -2.44. The van der Waals surface area contributed by atoms with Gasteiger partial charge in [-0.1, -0.05) is 44.2 Å². The van der Waals surface area contributed by atoms with Crippen LogP contribution < -0.4 is 10.6 Å². The quantitative estimate of drug-likeness (QED) is 0.590. The first-order valence-electron chi connectivity index (χ1n) is 10.2. The second-order valence-corrected chi connectivity index (χ2v) is 8.61. The van der Waals surface area contributed by atoms with Crippen LogP contribution in [-0.4, -0.2) is 22.2 Å². The summed E-state index contributed by atoms with van der Waals surface area (Å²) in [5, 5.41) is 11.6. The third-order valence-electron chi connectivity index (χ3n) is 5.64. The minimum absolute atomic E-state index is 0.0121. The van der Waals surface area contributed by atoms with Crippen LogP contribution in [-0.2, 0) is 11.8 Å². The molecule has 0 saturated carbocycles. The number of thiophene rings is 1. The fourth-order valence-electron chi connectivity index (χ4n) is 3.52. The Balaban J connectivity index is 1.72. The lowest BCUT2D eigenvalue weighted by atomic mass is 9.95. The Bertz CT molecular complexity index is 944. The lowest BCUT2D eigenvalue weighted by Crippen LogP contribution is -2.87. The van der Waals surface area contributed by atoms with Gasteiger partial charge in [-0.15, -0.1) is 11.3 Å². The van der Waals surface area contributed by atoms with Crippen molar-refractivity contribution >= 4 is 22.9 Å². The van der Waals surface area contributed by atoms with Gasteiger partial charge in [0.1, 0.15) is 6.04 Å². The van der Waals surface area contributed by atoms with Crippen LogP contribution in [0.3, 0.4) is 0 Å². The molecule has 154 valence electrons. The highest BCUT2D eigenvalue weighted by Gasteiger charge is 2.21. The summed E-state index contributed by atoms with van der Waals surface area (Å²) in [5.41, 5.74) is 5.21. The van der Waals surface area contributed by atoms with Crippen molar-refractivity contribution in [1.29, 1.82) is 0 Å². The Kier molecular flexibility index (Phi) is 6.87. The second kappa shape index (κ2) is 9.37. The Morgan fingerprint density at radius 3 is 2.45 bits per heavy atom. The first kappa shape index (κ1) is 21.3. The largest absolute Gasteiger partial charge is 0.328 e. The molecule has 0 radical (unpaired) electrons. The third kappa shape index (κ3) is 4.95. The zero-order valence-corrected chi connectivity index (χ0v) is 18.7. The van der Waals surface area contributed by atoms with Crippen LogP contribution in [0.1, 0.15) is 59.6 Å². The van der Waals surface area contributed by atoms with Gasteiger partial charge in [-0.25, -0.2) is 0 Å². The molecule has 0 aliphatic rings. The van der Waals surface area contributed by atoms with Crippen LogP contribution >= 0.6 is 11.3 Å². The summed E-state index contributed by atoms with van der Waals surface area (Å²) >= 11 is 1.73. The fraction of sp³-hybridized carbons (Fsp3) is 0.391. The summed E-state index contributed by atoms with van der Waals surface area (Å²) < 4.78 is 1.79. The third-order valence-corrected chi connectivity index (χ3v) is 6.59. The number of aryl methyl sites for hydroxylation is 2. The zero-order valence-electron chi connectivity index (χ0n) is 17.9. The van der Waals surface area contributed by atoms with Crippen LogP contribution in [0.15, 0.2) is 41.8 Å². The monoisotopic (exact) mass is 411 g/mol. The molecule has 0 spiro atoms. The number of nitrogens with one attached hydrogen (secondary N) is 1. The molecule has 3 rings (SSSR count). The van der Waals surface area contributed by atoms with Crippen molar-refractivity contribution in [3.63, 3.8) is 0 Å². The molecule has 3 aromatic rings. The van der Waals surface area contributed by atoms with Gasteiger partial charge in [0.2, 0.25) is 0 Å². The van der Waals surface area contributed by atoms with E-state index >= 15 is 0 Å². The number of carbonyl (C=O) groups is 1. The summed E-state index contributed by atoms with van der Waals surface area (Å²) in [4.78, 5) is 13.9. The number of benzene rings is 1. The van der Waals surface area contributed by atoms with Crippen LogP contribution in [0, 0.1) is 13.8 Å². The summed E-state index contributed by atoms with van der Waals surface area (Å²) in [6, 6.07) is 13.2. The van der Waals surface area contributed by atoms with Crippen molar-refractivity contribution in [3.05, 3.63) is 69.2 Å². The number of nitrogens with two attached hydrogens (primary N) is 1.